The van der Waals surface area contributed by atoms with E-state index in [2.05, 4.69) is 26.2 Å². The van der Waals surface area contributed by atoms with Crippen LogP contribution in [-0.4, -0.2) is 10.9 Å². The number of allylic oxidation sites excluding steroid dienone is 3. The molecule has 0 bridgehead atoms. The Morgan fingerprint density at radius 3 is 2.93 bits per heavy atom. The Morgan fingerprint density at radius 2 is 2.27 bits per heavy atom. The number of pyridine rings is 1. The van der Waals surface area contributed by atoms with Gasteiger partial charge < -0.3 is 5.32 Å². The molecule has 1 aromatic rings. The zero-order valence-electron chi connectivity index (χ0n) is 8.27. The molecule has 0 aliphatic rings. The molecule has 0 unspecified atom stereocenters. The molecule has 0 spiro atoms. The number of rotatable bonds is 3. The molecule has 4 heteroatoms. The molecule has 1 aromatic heterocycles. The fraction of sp³-hybridized carbons (Fsp3) is 0.0909. The molecule has 1 amide bonds. The average Bonchev–Trinajstić information content (AvgIpc) is 2.18. The third-order valence-corrected chi connectivity index (χ3v) is 1.96. The van der Waals surface area contributed by atoms with Crippen molar-refractivity contribution in [2.75, 3.05) is 5.32 Å². The fourth-order valence-corrected chi connectivity index (χ4v) is 1.24. The molecule has 0 aliphatic carbocycles. The first kappa shape index (κ1) is 11.7. The molecular formula is C11H11BrN2O. The average molecular weight is 267 g/mol. The standard InChI is InChI=1S/C11H11BrN2O/c1-2-3-4-8-11(15)14-10-7-5-6-9(12)13-10/h2-8H,1H3,(H,13,14,15)/b3-2+,8-4+. The second kappa shape index (κ2) is 6.14. The molecular weight excluding hydrogens is 256 g/mol. The predicted molar refractivity (Wildman–Crippen MR) is 64.5 cm³/mol. The van der Waals surface area contributed by atoms with Crippen LogP contribution < -0.4 is 5.32 Å². The van der Waals surface area contributed by atoms with E-state index in [-0.39, 0.29) is 5.91 Å². The molecule has 0 saturated carbocycles. The van der Waals surface area contributed by atoms with E-state index in [0.29, 0.717) is 10.4 Å². The van der Waals surface area contributed by atoms with Crippen molar-refractivity contribution in [3.63, 3.8) is 0 Å². The number of hydrogen-bond donors (Lipinski definition) is 1. The lowest BCUT2D eigenvalue weighted by atomic mass is 10.4. The van der Waals surface area contributed by atoms with Crippen LogP contribution in [0.25, 0.3) is 0 Å². The van der Waals surface area contributed by atoms with E-state index in [1.54, 1.807) is 24.3 Å². The molecule has 1 heterocycles. The number of carbonyl (C=O) groups is 1. The lowest BCUT2D eigenvalue weighted by molar-refractivity contribution is -0.111. The highest BCUT2D eigenvalue weighted by Crippen LogP contribution is 2.09. The lowest BCUT2D eigenvalue weighted by Crippen LogP contribution is -2.08. The zero-order valence-corrected chi connectivity index (χ0v) is 9.86. The van der Waals surface area contributed by atoms with Gasteiger partial charge >= 0.3 is 0 Å². The number of hydrogen-bond acceptors (Lipinski definition) is 2. The van der Waals surface area contributed by atoms with Crippen molar-refractivity contribution >= 4 is 27.7 Å². The summed E-state index contributed by atoms with van der Waals surface area (Å²) in [7, 11) is 0. The van der Waals surface area contributed by atoms with Crippen molar-refractivity contribution in [2.24, 2.45) is 0 Å². The smallest absolute Gasteiger partial charge is 0.249 e. The number of anilines is 1. The highest BCUT2D eigenvalue weighted by molar-refractivity contribution is 9.10. The predicted octanol–water partition coefficient (Wildman–Crippen LogP) is 2.91. The normalized spacial score (nSPS) is 11.1. The van der Waals surface area contributed by atoms with Gasteiger partial charge in [0.25, 0.3) is 0 Å². The zero-order chi connectivity index (χ0) is 11.1. The van der Waals surface area contributed by atoms with Gasteiger partial charge in [-0.05, 0) is 35.0 Å². The topological polar surface area (TPSA) is 42.0 Å². The molecule has 0 fully saturated rings. The Kier molecular flexibility index (Phi) is 4.77. The monoisotopic (exact) mass is 266 g/mol. The van der Waals surface area contributed by atoms with Crippen molar-refractivity contribution in [1.82, 2.24) is 4.98 Å². The molecule has 0 saturated heterocycles. The van der Waals surface area contributed by atoms with Crippen LogP contribution in [0.4, 0.5) is 5.82 Å². The van der Waals surface area contributed by atoms with Crippen molar-refractivity contribution in [3.05, 3.63) is 47.1 Å². The summed E-state index contributed by atoms with van der Waals surface area (Å²) in [5, 5.41) is 2.64. The van der Waals surface area contributed by atoms with Crippen LogP contribution in [-0.2, 0) is 4.79 Å². The summed E-state index contributed by atoms with van der Waals surface area (Å²) in [4.78, 5) is 15.4. The van der Waals surface area contributed by atoms with Gasteiger partial charge in [0.2, 0.25) is 5.91 Å². The van der Waals surface area contributed by atoms with Gasteiger partial charge in [-0.2, -0.15) is 0 Å². The number of aromatic nitrogens is 1. The van der Waals surface area contributed by atoms with Gasteiger partial charge in [-0.15, -0.1) is 0 Å². The molecule has 3 nitrogen and oxygen atoms in total. The van der Waals surface area contributed by atoms with Crippen LogP contribution in [0, 0.1) is 0 Å². The van der Waals surface area contributed by atoms with Crippen LogP contribution in [0.1, 0.15) is 6.92 Å². The van der Waals surface area contributed by atoms with E-state index in [0.717, 1.165) is 0 Å². The lowest BCUT2D eigenvalue weighted by Gasteiger charge is -2.00. The van der Waals surface area contributed by atoms with E-state index in [1.165, 1.54) is 6.08 Å². The minimum Gasteiger partial charge on any atom is -0.307 e. The summed E-state index contributed by atoms with van der Waals surface area (Å²) < 4.78 is 0.692. The van der Waals surface area contributed by atoms with E-state index < -0.39 is 0 Å². The maximum Gasteiger partial charge on any atom is 0.249 e. The molecule has 0 radical (unpaired) electrons. The summed E-state index contributed by atoms with van der Waals surface area (Å²) in [6, 6.07) is 5.33. The Hall–Kier alpha value is -1.42. The molecule has 0 aromatic carbocycles. The molecule has 0 atom stereocenters. The van der Waals surface area contributed by atoms with Gasteiger partial charge in [0, 0.05) is 6.08 Å². The Morgan fingerprint density at radius 1 is 1.47 bits per heavy atom. The van der Waals surface area contributed by atoms with Crippen LogP contribution >= 0.6 is 15.9 Å². The van der Waals surface area contributed by atoms with Gasteiger partial charge in [0.1, 0.15) is 10.4 Å². The van der Waals surface area contributed by atoms with Crippen LogP contribution in [0.2, 0.25) is 0 Å². The SMILES string of the molecule is C/C=C/C=C/C(=O)Nc1cccc(Br)n1. The summed E-state index contributed by atoms with van der Waals surface area (Å²) in [6.45, 7) is 1.89. The minimum absolute atomic E-state index is 0.196. The Bertz CT molecular complexity index is 399. The third-order valence-electron chi connectivity index (χ3n) is 1.52. The first-order valence-electron chi connectivity index (χ1n) is 4.45. The van der Waals surface area contributed by atoms with E-state index in [9.17, 15) is 4.79 Å². The summed E-state index contributed by atoms with van der Waals surface area (Å²) in [5.74, 6) is 0.332. The van der Waals surface area contributed by atoms with Gasteiger partial charge in [-0.25, -0.2) is 4.98 Å². The summed E-state index contributed by atoms with van der Waals surface area (Å²) >= 11 is 3.22. The highest BCUT2D eigenvalue weighted by Gasteiger charge is 1.98. The summed E-state index contributed by atoms with van der Waals surface area (Å²) in [6.07, 6.45) is 6.75. The van der Waals surface area contributed by atoms with Crippen LogP contribution in [0.5, 0.6) is 0 Å². The van der Waals surface area contributed by atoms with E-state index >= 15 is 0 Å². The van der Waals surface area contributed by atoms with Crippen molar-refractivity contribution < 1.29 is 4.79 Å². The molecule has 1 N–H and O–H groups in total. The van der Waals surface area contributed by atoms with E-state index in [4.69, 9.17) is 0 Å². The number of halogens is 1. The van der Waals surface area contributed by atoms with Gasteiger partial charge in [-0.3, -0.25) is 4.79 Å². The van der Waals surface area contributed by atoms with Crippen molar-refractivity contribution in [2.45, 2.75) is 6.92 Å². The summed E-state index contributed by atoms with van der Waals surface area (Å²) in [5.41, 5.74) is 0. The second-order valence-electron chi connectivity index (χ2n) is 2.72. The molecule has 0 aliphatic heterocycles. The minimum atomic E-state index is -0.196. The first-order chi connectivity index (χ1) is 7.22. The van der Waals surface area contributed by atoms with Crippen molar-refractivity contribution in [1.29, 1.82) is 0 Å². The van der Waals surface area contributed by atoms with Gasteiger partial charge in [0.15, 0.2) is 0 Å². The molecule has 78 valence electrons. The number of amides is 1. The maximum absolute atomic E-state index is 11.3. The van der Waals surface area contributed by atoms with Crippen molar-refractivity contribution in [3.8, 4) is 0 Å². The number of nitrogens with zero attached hydrogens (tertiary/aromatic N) is 1. The maximum atomic E-state index is 11.3. The molecule has 1 rings (SSSR count). The van der Waals surface area contributed by atoms with Gasteiger partial charge in [-0.1, -0.05) is 24.3 Å². The quantitative estimate of drug-likeness (QED) is 0.519. The Labute approximate surface area is 97.0 Å². The fourth-order valence-electron chi connectivity index (χ4n) is 0.900. The largest absolute Gasteiger partial charge is 0.307 e. The van der Waals surface area contributed by atoms with Crippen LogP contribution in [0.15, 0.2) is 47.1 Å². The third kappa shape index (κ3) is 4.56. The van der Waals surface area contributed by atoms with E-state index in [1.807, 2.05) is 19.1 Å². The second-order valence-corrected chi connectivity index (χ2v) is 3.53. The highest BCUT2D eigenvalue weighted by atomic mass is 79.9. The molecule has 15 heavy (non-hydrogen) atoms. The first-order valence-corrected chi connectivity index (χ1v) is 5.24. The van der Waals surface area contributed by atoms with Gasteiger partial charge in [0.05, 0.1) is 0 Å². The number of nitrogens with one attached hydrogen (secondary N) is 1. The van der Waals surface area contributed by atoms with Crippen LogP contribution in [0.3, 0.4) is 0 Å². The number of carbonyl (C=O) groups excluding carboxylic acids is 1. The Balaban J connectivity index is 2.59.